The highest BCUT2D eigenvalue weighted by atomic mass is 35.5. The third-order valence-corrected chi connectivity index (χ3v) is 3.91. The van der Waals surface area contributed by atoms with E-state index in [0.717, 1.165) is 24.1 Å². The summed E-state index contributed by atoms with van der Waals surface area (Å²) in [4.78, 5) is 12.0. The number of amides is 1. The second-order valence-corrected chi connectivity index (χ2v) is 4.90. The highest BCUT2D eigenvalue weighted by molar-refractivity contribution is 6.30. The third-order valence-electron chi connectivity index (χ3n) is 3.67. The van der Waals surface area contributed by atoms with Crippen LogP contribution >= 0.6 is 11.6 Å². The summed E-state index contributed by atoms with van der Waals surface area (Å²) in [5, 5.41) is 3.58. The van der Waals surface area contributed by atoms with E-state index in [9.17, 15) is 4.79 Å². The summed E-state index contributed by atoms with van der Waals surface area (Å²) in [5.41, 5.74) is 0.615. The van der Waals surface area contributed by atoms with Crippen LogP contribution in [0.5, 0.6) is 0 Å². The Bertz CT molecular complexity index is 394. The summed E-state index contributed by atoms with van der Waals surface area (Å²) in [6.07, 6.45) is 0. The van der Waals surface area contributed by atoms with E-state index in [-0.39, 0.29) is 5.91 Å². The monoisotopic (exact) mass is 269 g/mol. The molecule has 4 heteroatoms. The van der Waals surface area contributed by atoms with Crippen LogP contribution in [0.4, 0.5) is 0 Å². The van der Waals surface area contributed by atoms with Crippen molar-refractivity contribution in [3.05, 3.63) is 34.9 Å². The summed E-state index contributed by atoms with van der Waals surface area (Å²) in [6.45, 7) is 10.2. The van der Waals surface area contributed by atoms with Crippen LogP contribution in [0.15, 0.2) is 24.3 Å². The lowest BCUT2D eigenvalue weighted by Crippen LogP contribution is -2.54. The van der Waals surface area contributed by atoms with Crippen LogP contribution in [0.2, 0.25) is 5.02 Å². The van der Waals surface area contributed by atoms with Gasteiger partial charge in [-0.3, -0.25) is 4.79 Å². The van der Waals surface area contributed by atoms with Crippen LogP contribution in [0, 0.1) is 0 Å². The Morgan fingerprint density at radius 3 is 2.33 bits per heavy atom. The Morgan fingerprint density at radius 1 is 1.22 bits per heavy atom. The molecule has 3 nitrogen and oxygen atoms in total. The Balaban J connectivity index is 2.66. The van der Waals surface area contributed by atoms with Gasteiger partial charge in [0.05, 0.1) is 19.6 Å². The molecule has 1 N–H and O–H groups in total. The van der Waals surface area contributed by atoms with Gasteiger partial charge in [0.2, 0.25) is 0 Å². The second-order valence-electron chi connectivity index (χ2n) is 4.46. The van der Waals surface area contributed by atoms with Crippen molar-refractivity contribution in [2.75, 3.05) is 26.3 Å². The molecule has 1 aromatic rings. The fraction of sp³-hybridized carbons (Fsp3) is 0.500. The van der Waals surface area contributed by atoms with E-state index in [0.29, 0.717) is 17.3 Å². The maximum atomic E-state index is 12.0. The molecule has 0 spiro atoms. The molecule has 1 aromatic carbocycles. The number of rotatable bonds is 6. The van der Waals surface area contributed by atoms with Gasteiger partial charge in [-0.1, -0.05) is 17.7 Å². The average Bonchev–Trinajstić information content (AvgIpc) is 2.40. The predicted octanol–water partition coefficient (Wildman–Crippen LogP) is 2.90. The minimum atomic E-state index is -0.0599. The summed E-state index contributed by atoms with van der Waals surface area (Å²) in [6, 6.07) is 7.02. The zero-order chi connectivity index (χ0) is 13.6. The van der Waals surface area contributed by atoms with Gasteiger partial charge in [-0.2, -0.15) is 0 Å². The molecule has 0 aliphatic heterocycles. The van der Waals surface area contributed by atoms with Gasteiger partial charge in [-0.15, -0.1) is 0 Å². The number of carbonyl (C=O) groups is 1. The SMILES string of the molecule is CC[N+](CC)(CC)CNC(=O)c1cccc(Cl)c1. The molecule has 0 fully saturated rings. The van der Waals surface area contributed by atoms with E-state index in [1.165, 1.54) is 0 Å². The van der Waals surface area contributed by atoms with Crippen LogP contribution in [-0.4, -0.2) is 36.7 Å². The van der Waals surface area contributed by atoms with Crippen molar-refractivity contribution in [3.8, 4) is 0 Å². The van der Waals surface area contributed by atoms with Crippen LogP contribution in [0.3, 0.4) is 0 Å². The normalized spacial score (nSPS) is 11.3. The summed E-state index contributed by atoms with van der Waals surface area (Å²) in [7, 11) is 0. The maximum absolute atomic E-state index is 12.0. The zero-order valence-corrected chi connectivity index (χ0v) is 12.1. The van der Waals surface area contributed by atoms with E-state index in [1.807, 2.05) is 0 Å². The molecule has 0 heterocycles. The van der Waals surface area contributed by atoms with Crippen LogP contribution in [0.1, 0.15) is 31.1 Å². The average molecular weight is 270 g/mol. The van der Waals surface area contributed by atoms with Crippen molar-refractivity contribution in [1.29, 1.82) is 0 Å². The van der Waals surface area contributed by atoms with Crippen molar-refractivity contribution in [2.24, 2.45) is 0 Å². The molecule has 100 valence electrons. The van der Waals surface area contributed by atoms with E-state index in [2.05, 4.69) is 26.1 Å². The van der Waals surface area contributed by atoms with Gasteiger partial charge in [-0.05, 0) is 39.0 Å². The number of nitrogens with zero attached hydrogens (tertiary/aromatic N) is 1. The van der Waals surface area contributed by atoms with Gasteiger partial charge in [-0.25, -0.2) is 0 Å². The second kappa shape index (κ2) is 6.76. The lowest BCUT2D eigenvalue weighted by Gasteiger charge is -2.35. The van der Waals surface area contributed by atoms with E-state index in [1.54, 1.807) is 24.3 Å². The fourth-order valence-corrected chi connectivity index (χ4v) is 2.17. The number of nitrogens with one attached hydrogen (secondary N) is 1. The van der Waals surface area contributed by atoms with Gasteiger partial charge in [0.1, 0.15) is 0 Å². The van der Waals surface area contributed by atoms with Gasteiger partial charge in [0, 0.05) is 10.6 Å². The van der Waals surface area contributed by atoms with E-state index < -0.39 is 0 Å². The number of carbonyl (C=O) groups excluding carboxylic acids is 1. The van der Waals surface area contributed by atoms with Gasteiger partial charge in [0.25, 0.3) is 5.91 Å². The van der Waals surface area contributed by atoms with Gasteiger partial charge in [0.15, 0.2) is 6.67 Å². The lowest BCUT2D eigenvalue weighted by atomic mass is 10.2. The Labute approximate surface area is 114 Å². The fourth-order valence-electron chi connectivity index (χ4n) is 1.98. The first-order valence-corrected chi connectivity index (χ1v) is 6.83. The lowest BCUT2D eigenvalue weighted by molar-refractivity contribution is -0.924. The molecule has 0 radical (unpaired) electrons. The number of hydrogen-bond donors (Lipinski definition) is 1. The van der Waals surface area contributed by atoms with Crippen molar-refractivity contribution in [1.82, 2.24) is 5.32 Å². The molecule has 0 unspecified atom stereocenters. The zero-order valence-electron chi connectivity index (χ0n) is 11.4. The third kappa shape index (κ3) is 3.72. The molecule has 0 aromatic heterocycles. The van der Waals surface area contributed by atoms with Crippen molar-refractivity contribution in [3.63, 3.8) is 0 Å². The van der Waals surface area contributed by atoms with E-state index in [4.69, 9.17) is 11.6 Å². The maximum Gasteiger partial charge on any atom is 0.255 e. The summed E-state index contributed by atoms with van der Waals surface area (Å²) >= 11 is 5.88. The quantitative estimate of drug-likeness (QED) is 0.624. The predicted molar refractivity (Wildman–Crippen MR) is 75.7 cm³/mol. The summed E-state index contributed by atoms with van der Waals surface area (Å²) < 4.78 is 0.895. The molecule has 18 heavy (non-hydrogen) atoms. The van der Waals surface area contributed by atoms with Gasteiger partial charge < -0.3 is 9.80 Å². The first-order valence-electron chi connectivity index (χ1n) is 6.45. The Morgan fingerprint density at radius 2 is 1.83 bits per heavy atom. The Kier molecular flexibility index (Phi) is 5.63. The first-order chi connectivity index (χ1) is 8.56. The first kappa shape index (κ1) is 15.0. The molecule has 0 atom stereocenters. The van der Waals surface area contributed by atoms with Gasteiger partial charge >= 0.3 is 0 Å². The molecular formula is C14H22ClN2O+. The molecular weight excluding hydrogens is 248 g/mol. The van der Waals surface area contributed by atoms with E-state index >= 15 is 0 Å². The number of halogens is 1. The highest BCUT2D eigenvalue weighted by Crippen LogP contribution is 2.11. The number of quaternary nitrogens is 1. The molecule has 1 amide bonds. The standard InChI is InChI=1S/C14H21ClN2O/c1-4-17(5-2,6-3)11-16-14(18)12-8-7-9-13(15)10-12/h7-10H,4-6,11H2,1-3H3/p+1. The molecule has 0 bridgehead atoms. The van der Waals surface area contributed by atoms with Crippen LogP contribution in [-0.2, 0) is 0 Å². The van der Waals surface area contributed by atoms with Crippen molar-refractivity contribution >= 4 is 17.5 Å². The number of benzene rings is 1. The summed E-state index contributed by atoms with van der Waals surface area (Å²) in [5.74, 6) is -0.0599. The minimum absolute atomic E-state index is 0.0599. The molecule has 0 aliphatic carbocycles. The van der Waals surface area contributed by atoms with Crippen LogP contribution < -0.4 is 5.32 Å². The minimum Gasteiger partial charge on any atom is -0.307 e. The topological polar surface area (TPSA) is 29.1 Å². The Hall–Kier alpha value is -1.06. The van der Waals surface area contributed by atoms with Crippen molar-refractivity contribution < 1.29 is 9.28 Å². The molecule has 1 rings (SSSR count). The number of hydrogen-bond acceptors (Lipinski definition) is 1. The van der Waals surface area contributed by atoms with Crippen LogP contribution in [0.25, 0.3) is 0 Å². The molecule has 0 aliphatic rings. The van der Waals surface area contributed by atoms with Crippen molar-refractivity contribution in [2.45, 2.75) is 20.8 Å². The highest BCUT2D eigenvalue weighted by Gasteiger charge is 2.21. The largest absolute Gasteiger partial charge is 0.307 e. The molecule has 0 saturated heterocycles. The molecule has 0 saturated carbocycles. The smallest absolute Gasteiger partial charge is 0.255 e.